The van der Waals surface area contributed by atoms with Gasteiger partial charge in [0.25, 0.3) is 0 Å². The molecule has 1 aliphatic rings. The van der Waals surface area contributed by atoms with Crippen LogP contribution in [-0.4, -0.2) is 49.3 Å². The number of hydrogen-bond acceptors (Lipinski definition) is 7. The molecule has 1 fully saturated rings. The van der Waals surface area contributed by atoms with Crippen molar-refractivity contribution < 1.29 is 17.9 Å². The fraction of sp³-hybridized carbons (Fsp3) is 0.667. The molecule has 21 heavy (non-hydrogen) atoms. The van der Waals surface area contributed by atoms with Crippen molar-refractivity contribution in [1.82, 2.24) is 8.68 Å². The number of nitrogens with two attached hydrogens (primary N) is 1. The summed E-state index contributed by atoms with van der Waals surface area (Å²) in [6.45, 7) is 4.52. The number of ether oxygens (including phenoxy) is 1. The van der Waals surface area contributed by atoms with E-state index < -0.39 is 16.0 Å². The summed E-state index contributed by atoms with van der Waals surface area (Å²) in [6.07, 6.45) is 0.581. The molecule has 2 heterocycles. The highest BCUT2D eigenvalue weighted by Gasteiger charge is 2.40. The molecule has 1 aromatic heterocycles. The van der Waals surface area contributed by atoms with Gasteiger partial charge in [-0.05, 0) is 23.4 Å². The minimum absolute atomic E-state index is 0.0513. The molecule has 0 saturated carbocycles. The first-order valence-corrected chi connectivity index (χ1v) is 8.76. The topological polar surface area (TPSA) is 103 Å². The Bertz CT molecular complexity index is 639. The van der Waals surface area contributed by atoms with Gasteiger partial charge in [-0.2, -0.15) is 8.68 Å². The standard InChI is InChI=1S/C12H19N3O4S2/c1-12(2)7-15(5-4-9(12)13)21(17,18)8-6-20-14-10(8)11(16)19-3/h6,9H,4-5,7,13H2,1-3H3. The monoisotopic (exact) mass is 333 g/mol. The Labute approximate surface area is 128 Å². The van der Waals surface area contributed by atoms with Crippen LogP contribution in [-0.2, 0) is 14.8 Å². The zero-order chi connectivity index (χ0) is 15.8. The Kier molecular flexibility index (Phi) is 4.39. The van der Waals surface area contributed by atoms with E-state index in [0.29, 0.717) is 19.5 Å². The van der Waals surface area contributed by atoms with Crippen molar-refractivity contribution in [1.29, 1.82) is 0 Å². The molecule has 0 aliphatic carbocycles. The van der Waals surface area contributed by atoms with Crippen LogP contribution in [0.15, 0.2) is 10.3 Å². The first-order chi connectivity index (χ1) is 9.70. The van der Waals surface area contributed by atoms with E-state index in [-0.39, 0.29) is 22.0 Å². The smallest absolute Gasteiger partial charge is 0.359 e. The van der Waals surface area contributed by atoms with E-state index in [1.165, 1.54) is 16.8 Å². The number of rotatable bonds is 3. The third kappa shape index (κ3) is 2.96. The molecule has 1 unspecified atom stereocenters. The molecule has 9 heteroatoms. The number of hydrogen-bond donors (Lipinski definition) is 1. The van der Waals surface area contributed by atoms with Crippen molar-refractivity contribution in [3.05, 3.63) is 11.1 Å². The van der Waals surface area contributed by atoms with Crippen LogP contribution in [0.1, 0.15) is 30.8 Å². The van der Waals surface area contributed by atoms with Gasteiger partial charge < -0.3 is 10.5 Å². The van der Waals surface area contributed by atoms with Gasteiger partial charge in [0.2, 0.25) is 10.0 Å². The Hall–Kier alpha value is -1.03. The van der Waals surface area contributed by atoms with E-state index in [1.807, 2.05) is 13.8 Å². The highest BCUT2D eigenvalue weighted by Crippen LogP contribution is 2.32. The van der Waals surface area contributed by atoms with Crippen LogP contribution in [0.2, 0.25) is 0 Å². The molecule has 1 atom stereocenters. The molecule has 0 amide bonds. The lowest BCUT2D eigenvalue weighted by Crippen LogP contribution is -2.53. The summed E-state index contributed by atoms with van der Waals surface area (Å²) in [5.41, 5.74) is 5.55. The van der Waals surface area contributed by atoms with E-state index in [9.17, 15) is 13.2 Å². The Morgan fingerprint density at radius 2 is 2.24 bits per heavy atom. The zero-order valence-electron chi connectivity index (χ0n) is 12.2. The zero-order valence-corrected chi connectivity index (χ0v) is 13.8. The van der Waals surface area contributed by atoms with Crippen molar-refractivity contribution in [2.75, 3.05) is 20.2 Å². The SMILES string of the molecule is COC(=O)c1nscc1S(=O)(=O)N1CCC(N)C(C)(C)C1. The Morgan fingerprint density at radius 1 is 1.57 bits per heavy atom. The van der Waals surface area contributed by atoms with Gasteiger partial charge in [0.15, 0.2) is 5.69 Å². The summed E-state index contributed by atoms with van der Waals surface area (Å²) in [7, 11) is -2.58. The molecule has 1 aliphatic heterocycles. The molecule has 0 aromatic carbocycles. The van der Waals surface area contributed by atoms with Crippen LogP contribution >= 0.6 is 11.5 Å². The maximum atomic E-state index is 12.7. The van der Waals surface area contributed by atoms with Gasteiger partial charge >= 0.3 is 5.97 Å². The summed E-state index contributed by atoms with van der Waals surface area (Å²) in [5.74, 6) is -0.747. The van der Waals surface area contributed by atoms with Crippen molar-refractivity contribution in [3.8, 4) is 0 Å². The molecule has 0 spiro atoms. The number of esters is 1. The third-order valence-corrected chi connectivity index (χ3v) is 6.45. The second kappa shape index (κ2) is 5.64. The minimum Gasteiger partial charge on any atom is -0.464 e. The average Bonchev–Trinajstić information content (AvgIpc) is 2.90. The average molecular weight is 333 g/mol. The van der Waals surface area contributed by atoms with Gasteiger partial charge in [-0.1, -0.05) is 13.8 Å². The summed E-state index contributed by atoms with van der Waals surface area (Å²) in [5, 5.41) is 1.36. The molecule has 2 N–H and O–H groups in total. The van der Waals surface area contributed by atoms with Crippen LogP contribution in [0.25, 0.3) is 0 Å². The lowest BCUT2D eigenvalue weighted by atomic mass is 9.81. The molecule has 2 rings (SSSR count). The maximum absolute atomic E-state index is 12.7. The molecule has 118 valence electrons. The second-order valence-electron chi connectivity index (χ2n) is 5.74. The molecule has 0 bridgehead atoms. The van der Waals surface area contributed by atoms with E-state index in [0.717, 1.165) is 11.5 Å². The molecule has 7 nitrogen and oxygen atoms in total. The van der Waals surface area contributed by atoms with E-state index >= 15 is 0 Å². The largest absolute Gasteiger partial charge is 0.464 e. The quantitative estimate of drug-likeness (QED) is 0.816. The second-order valence-corrected chi connectivity index (χ2v) is 8.28. The number of sulfonamides is 1. The normalized spacial score (nSPS) is 23.0. The highest BCUT2D eigenvalue weighted by molar-refractivity contribution is 7.89. The van der Waals surface area contributed by atoms with Crippen molar-refractivity contribution in [2.24, 2.45) is 11.1 Å². The van der Waals surface area contributed by atoms with Crippen molar-refractivity contribution >= 4 is 27.5 Å². The first-order valence-electron chi connectivity index (χ1n) is 6.48. The summed E-state index contributed by atoms with van der Waals surface area (Å²) in [4.78, 5) is 11.5. The van der Waals surface area contributed by atoms with E-state index in [2.05, 4.69) is 9.11 Å². The van der Waals surface area contributed by atoms with Crippen LogP contribution < -0.4 is 5.73 Å². The summed E-state index contributed by atoms with van der Waals surface area (Å²) < 4.78 is 35.2. The first kappa shape index (κ1) is 16.3. The molecule has 1 aromatic rings. The number of carbonyl (C=O) groups excluding carboxylic acids is 1. The Morgan fingerprint density at radius 3 is 2.81 bits per heavy atom. The van der Waals surface area contributed by atoms with Crippen LogP contribution in [0.5, 0.6) is 0 Å². The van der Waals surface area contributed by atoms with Crippen LogP contribution in [0.4, 0.5) is 0 Å². The summed E-state index contributed by atoms with van der Waals surface area (Å²) >= 11 is 0.920. The third-order valence-electron chi connectivity index (χ3n) is 3.81. The summed E-state index contributed by atoms with van der Waals surface area (Å²) in [6, 6.07) is -0.0513. The van der Waals surface area contributed by atoms with Crippen molar-refractivity contribution in [2.45, 2.75) is 31.2 Å². The van der Waals surface area contributed by atoms with E-state index in [4.69, 9.17) is 5.73 Å². The van der Waals surface area contributed by atoms with Gasteiger partial charge in [-0.3, -0.25) is 0 Å². The number of aromatic nitrogens is 1. The molecular formula is C12H19N3O4S2. The fourth-order valence-corrected chi connectivity index (χ4v) is 5.03. The number of methoxy groups -OCH3 is 1. The predicted molar refractivity (Wildman–Crippen MR) is 78.6 cm³/mol. The molecule has 1 saturated heterocycles. The number of nitrogens with zero attached hydrogens (tertiary/aromatic N) is 2. The van der Waals surface area contributed by atoms with Crippen LogP contribution in [0, 0.1) is 5.41 Å². The van der Waals surface area contributed by atoms with Gasteiger partial charge in [0.05, 0.1) is 7.11 Å². The van der Waals surface area contributed by atoms with Gasteiger partial charge in [0.1, 0.15) is 4.90 Å². The minimum atomic E-state index is -3.77. The lowest BCUT2D eigenvalue weighted by Gasteiger charge is -2.41. The number of carbonyl (C=O) groups is 1. The predicted octanol–water partition coefficient (Wildman–Crippen LogP) is 0.678. The lowest BCUT2D eigenvalue weighted by molar-refractivity contribution is 0.0590. The molecule has 0 radical (unpaired) electrons. The highest BCUT2D eigenvalue weighted by atomic mass is 32.2. The Balaban J connectivity index is 2.36. The van der Waals surface area contributed by atoms with Gasteiger partial charge in [0, 0.05) is 24.5 Å². The molecular weight excluding hydrogens is 314 g/mol. The van der Waals surface area contributed by atoms with Crippen LogP contribution in [0.3, 0.4) is 0 Å². The fourth-order valence-electron chi connectivity index (χ4n) is 2.31. The maximum Gasteiger partial charge on any atom is 0.359 e. The van der Waals surface area contributed by atoms with E-state index in [1.54, 1.807) is 0 Å². The number of piperidine rings is 1. The van der Waals surface area contributed by atoms with Gasteiger partial charge in [-0.15, -0.1) is 0 Å². The van der Waals surface area contributed by atoms with Gasteiger partial charge in [-0.25, -0.2) is 13.2 Å². The van der Waals surface area contributed by atoms with Crippen molar-refractivity contribution in [3.63, 3.8) is 0 Å².